The zero-order valence-corrected chi connectivity index (χ0v) is 12.2. The van der Waals surface area contributed by atoms with E-state index in [1.165, 1.54) is 0 Å². The summed E-state index contributed by atoms with van der Waals surface area (Å²) in [6.45, 7) is 5.57. The second kappa shape index (κ2) is 7.48. The fourth-order valence-electron chi connectivity index (χ4n) is 2.49. The largest absolute Gasteiger partial charge is 0.481 e. The monoisotopic (exact) mass is 270 g/mol. The van der Waals surface area contributed by atoms with Crippen molar-refractivity contribution in [2.24, 2.45) is 11.8 Å². The molecule has 0 saturated heterocycles. The predicted octanol–water partition coefficient (Wildman–Crippen LogP) is 1.33. The van der Waals surface area contributed by atoms with Crippen molar-refractivity contribution in [3.05, 3.63) is 0 Å². The summed E-state index contributed by atoms with van der Waals surface area (Å²) in [5, 5.41) is 12.0. The maximum Gasteiger partial charge on any atom is 0.307 e. The van der Waals surface area contributed by atoms with E-state index in [0.717, 1.165) is 19.4 Å². The minimum atomic E-state index is -0.834. The van der Waals surface area contributed by atoms with Gasteiger partial charge in [-0.3, -0.25) is 9.59 Å². The Morgan fingerprint density at radius 2 is 1.84 bits per heavy atom. The summed E-state index contributed by atoms with van der Waals surface area (Å²) in [5.41, 5.74) is 0. The fraction of sp³-hybridized carbons (Fsp3) is 0.857. The van der Waals surface area contributed by atoms with Gasteiger partial charge in [-0.2, -0.15) is 0 Å². The average Bonchev–Trinajstić information content (AvgIpc) is 2.38. The Labute approximate surface area is 115 Å². The average molecular weight is 270 g/mol. The van der Waals surface area contributed by atoms with Gasteiger partial charge in [0, 0.05) is 19.1 Å². The van der Waals surface area contributed by atoms with E-state index in [1.54, 1.807) is 0 Å². The van der Waals surface area contributed by atoms with Crippen LogP contribution in [0.2, 0.25) is 0 Å². The molecule has 5 nitrogen and oxygen atoms in total. The molecule has 1 aliphatic carbocycles. The van der Waals surface area contributed by atoms with Crippen LogP contribution in [-0.2, 0) is 9.59 Å². The van der Waals surface area contributed by atoms with Gasteiger partial charge in [0.2, 0.25) is 5.91 Å². The first-order chi connectivity index (χ1) is 8.93. The third kappa shape index (κ3) is 4.82. The smallest absolute Gasteiger partial charge is 0.307 e. The minimum absolute atomic E-state index is 0.0933. The van der Waals surface area contributed by atoms with Crippen LogP contribution in [0.1, 0.15) is 39.5 Å². The first-order valence-corrected chi connectivity index (χ1v) is 7.14. The van der Waals surface area contributed by atoms with E-state index in [0.29, 0.717) is 25.4 Å². The molecule has 0 aromatic rings. The van der Waals surface area contributed by atoms with E-state index in [-0.39, 0.29) is 11.8 Å². The van der Waals surface area contributed by atoms with Crippen molar-refractivity contribution in [2.45, 2.75) is 45.6 Å². The third-order valence-corrected chi connectivity index (χ3v) is 4.07. The first kappa shape index (κ1) is 16.0. The number of nitrogens with one attached hydrogen (secondary N) is 1. The van der Waals surface area contributed by atoms with Crippen molar-refractivity contribution < 1.29 is 14.7 Å². The number of hydrogen-bond donors (Lipinski definition) is 2. The number of rotatable bonds is 6. The maximum absolute atomic E-state index is 12.1. The quantitative estimate of drug-likeness (QED) is 0.764. The molecule has 5 heteroatoms. The van der Waals surface area contributed by atoms with Gasteiger partial charge in [-0.1, -0.05) is 12.8 Å². The summed E-state index contributed by atoms with van der Waals surface area (Å²) >= 11 is 0. The molecule has 19 heavy (non-hydrogen) atoms. The zero-order valence-electron chi connectivity index (χ0n) is 12.2. The number of carboxylic acid groups (broad SMARTS) is 1. The lowest BCUT2D eigenvalue weighted by Gasteiger charge is -2.28. The van der Waals surface area contributed by atoms with Gasteiger partial charge in [0.25, 0.3) is 0 Å². The van der Waals surface area contributed by atoms with Crippen LogP contribution in [0, 0.1) is 11.8 Å². The molecule has 0 aliphatic heterocycles. The fourth-order valence-corrected chi connectivity index (χ4v) is 2.49. The summed E-state index contributed by atoms with van der Waals surface area (Å²) in [4.78, 5) is 25.4. The van der Waals surface area contributed by atoms with E-state index in [2.05, 4.69) is 24.1 Å². The lowest BCUT2D eigenvalue weighted by molar-refractivity contribution is -0.148. The normalized spacial score (nSPS) is 23.6. The summed E-state index contributed by atoms with van der Waals surface area (Å²) in [6, 6.07) is 0.443. The maximum atomic E-state index is 12.1. The summed E-state index contributed by atoms with van der Waals surface area (Å²) in [7, 11) is 2.01. The van der Waals surface area contributed by atoms with Crippen molar-refractivity contribution >= 4 is 11.9 Å². The van der Waals surface area contributed by atoms with E-state index < -0.39 is 11.9 Å². The van der Waals surface area contributed by atoms with Crippen LogP contribution in [0.5, 0.6) is 0 Å². The second-order valence-electron chi connectivity index (χ2n) is 5.70. The molecule has 1 fully saturated rings. The molecule has 0 spiro atoms. The number of likely N-dealkylation sites (N-methyl/N-ethyl adjacent to an activating group) is 1. The van der Waals surface area contributed by atoms with Crippen LogP contribution in [0.3, 0.4) is 0 Å². The number of amides is 1. The number of hydrogen-bond acceptors (Lipinski definition) is 3. The Balaban J connectivity index is 2.41. The van der Waals surface area contributed by atoms with Crippen LogP contribution >= 0.6 is 0 Å². The number of carbonyl (C=O) groups excluding carboxylic acids is 1. The molecule has 0 radical (unpaired) electrons. The van der Waals surface area contributed by atoms with Gasteiger partial charge in [-0.25, -0.2) is 0 Å². The van der Waals surface area contributed by atoms with Crippen LogP contribution < -0.4 is 5.32 Å². The highest BCUT2D eigenvalue weighted by molar-refractivity contribution is 5.84. The van der Waals surface area contributed by atoms with Crippen LogP contribution in [0.25, 0.3) is 0 Å². The number of carboxylic acids is 1. The molecule has 1 saturated carbocycles. The molecule has 1 aliphatic rings. The SMILES string of the molecule is CC(C)N(C)CCNC(=O)[C@@H]1CCCC[C@@H]1C(=O)O. The summed E-state index contributed by atoms with van der Waals surface area (Å²) < 4.78 is 0. The first-order valence-electron chi connectivity index (χ1n) is 7.14. The van der Waals surface area contributed by atoms with Crippen molar-refractivity contribution in [1.82, 2.24) is 10.2 Å². The van der Waals surface area contributed by atoms with Gasteiger partial charge in [-0.15, -0.1) is 0 Å². The van der Waals surface area contributed by atoms with Gasteiger partial charge in [-0.05, 0) is 33.7 Å². The van der Waals surface area contributed by atoms with Gasteiger partial charge in [0.1, 0.15) is 0 Å². The summed E-state index contributed by atoms with van der Waals surface area (Å²) in [5.74, 6) is -1.78. The molecule has 2 N–H and O–H groups in total. The number of aliphatic carboxylic acids is 1. The van der Waals surface area contributed by atoms with E-state index in [9.17, 15) is 9.59 Å². The van der Waals surface area contributed by atoms with E-state index in [4.69, 9.17) is 5.11 Å². The molecule has 0 aromatic heterocycles. The highest BCUT2D eigenvalue weighted by Gasteiger charge is 2.35. The molecular weight excluding hydrogens is 244 g/mol. The summed E-state index contributed by atoms with van der Waals surface area (Å²) in [6.07, 6.45) is 3.19. The Kier molecular flexibility index (Phi) is 6.28. The third-order valence-electron chi connectivity index (χ3n) is 4.07. The number of nitrogens with zero attached hydrogens (tertiary/aromatic N) is 1. The topological polar surface area (TPSA) is 69.6 Å². The van der Waals surface area contributed by atoms with Crippen LogP contribution in [0.4, 0.5) is 0 Å². The Bertz CT molecular complexity index is 318. The van der Waals surface area contributed by atoms with Crippen molar-refractivity contribution in [2.75, 3.05) is 20.1 Å². The zero-order chi connectivity index (χ0) is 14.4. The Morgan fingerprint density at radius 1 is 1.26 bits per heavy atom. The van der Waals surface area contributed by atoms with Gasteiger partial charge >= 0.3 is 5.97 Å². The van der Waals surface area contributed by atoms with E-state index >= 15 is 0 Å². The highest BCUT2D eigenvalue weighted by Crippen LogP contribution is 2.30. The second-order valence-corrected chi connectivity index (χ2v) is 5.70. The van der Waals surface area contributed by atoms with Crippen molar-refractivity contribution in [3.63, 3.8) is 0 Å². The molecular formula is C14H26N2O3. The van der Waals surface area contributed by atoms with E-state index in [1.807, 2.05) is 7.05 Å². The van der Waals surface area contributed by atoms with Crippen LogP contribution in [0.15, 0.2) is 0 Å². The molecule has 1 amide bonds. The van der Waals surface area contributed by atoms with Gasteiger partial charge in [0.05, 0.1) is 11.8 Å². The van der Waals surface area contributed by atoms with Crippen molar-refractivity contribution in [1.29, 1.82) is 0 Å². The molecule has 0 heterocycles. The Morgan fingerprint density at radius 3 is 2.37 bits per heavy atom. The van der Waals surface area contributed by atoms with Crippen molar-refractivity contribution in [3.8, 4) is 0 Å². The minimum Gasteiger partial charge on any atom is -0.481 e. The highest BCUT2D eigenvalue weighted by atomic mass is 16.4. The standard InChI is InChI=1S/C14H26N2O3/c1-10(2)16(3)9-8-15-13(17)11-6-4-5-7-12(11)14(18)19/h10-12H,4-9H2,1-3H3,(H,15,17)(H,18,19)/t11-,12+/m1/s1. The molecule has 0 unspecified atom stereocenters. The Hall–Kier alpha value is -1.10. The molecule has 0 bridgehead atoms. The van der Waals surface area contributed by atoms with Gasteiger partial charge in [0.15, 0.2) is 0 Å². The van der Waals surface area contributed by atoms with Gasteiger partial charge < -0.3 is 15.3 Å². The molecule has 2 atom stereocenters. The molecule has 110 valence electrons. The lowest BCUT2D eigenvalue weighted by Crippen LogP contribution is -2.42. The predicted molar refractivity (Wildman–Crippen MR) is 73.9 cm³/mol. The lowest BCUT2D eigenvalue weighted by atomic mass is 9.79. The number of carbonyl (C=O) groups is 2. The van der Waals surface area contributed by atoms with Crippen LogP contribution in [-0.4, -0.2) is 48.1 Å². The molecule has 1 rings (SSSR count). The molecule has 0 aromatic carbocycles.